The van der Waals surface area contributed by atoms with Gasteiger partial charge in [-0.2, -0.15) is 0 Å². The molecular weight excluding hydrogens is 536 g/mol. The smallest absolute Gasteiger partial charge is 0.166 e. The maximum absolute atomic E-state index is 5.57. The van der Waals surface area contributed by atoms with Gasteiger partial charge in [0.1, 0.15) is 11.6 Å². The van der Waals surface area contributed by atoms with Gasteiger partial charge < -0.3 is 20.6 Å². The van der Waals surface area contributed by atoms with Gasteiger partial charge in [-0.05, 0) is 12.2 Å². The number of aromatic amines is 2. The molecule has 4 aromatic carbocycles. The maximum Gasteiger partial charge on any atom is 0.166 e. The molecule has 6 rings (SSSR count). The van der Waals surface area contributed by atoms with Crippen molar-refractivity contribution in [2.24, 2.45) is 0 Å². The first-order valence-corrected chi connectivity index (χ1v) is 14.6. The zero-order chi connectivity index (χ0) is 28.6. The molecule has 0 atom stereocenters. The summed E-state index contributed by atoms with van der Waals surface area (Å²) in [6.45, 7) is 1.33. The number of rotatable bonds is 10. The number of H-pyrrole nitrogens is 2. The van der Waals surface area contributed by atoms with E-state index in [1.165, 1.54) is 0 Å². The van der Waals surface area contributed by atoms with Crippen molar-refractivity contribution in [1.29, 1.82) is 0 Å². The molecule has 4 N–H and O–H groups in total. The van der Waals surface area contributed by atoms with Gasteiger partial charge in [-0.3, -0.25) is 0 Å². The van der Waals surface area contributed by atoms with E-state index in [2.05, 4.69) is 69.1 Å². The van der Waals surface area contributed by atoms with Crippen LogP contribution in [-0.4, -0.2) is 38.1 Å². The highest BCUT2D eigenvalue weighted by Gasteiger charge is 2.15. The summed E-state index contributed by atoms with van der Waals surface area (Å²) < 4.78 is 0. The van der Waals surface area contributed by atoms with Crippen molar-refractivity contribution in [3.05, 3.63) is 133 Å². The van der Waals surface area contributed by atoms with Gasteiger partial charge in [-0.15, -0.1) is 0 Å². The third-order valence-corrected chi connectivity index (χ3v) is 7.31. The fourth-order valence-corrected chi connectivity index (χ4v) is 5.17. The second-order valence-corrected chi connectivity index (χ2v) is 10.4. The van der Waals surface area contributed by atoms with Crippen molar-refractivity contribution in [1.82, 2.24) is 30.6 Å². The summed E-state index contributed by atoms with van der Waals surface area (Å²) >= 11 is 5.57. The molecule has 6 aromatic rings. The second-order valence-electron chi connectivity index (χ2n) is 9.96. The van der Waals surface area contributed by atoms with Gasteiger partial charge in [-0.25, -0.2) is 9.97 Å². The van der Waals surface area contributed by atoms with Gasteiger partial charge in [0.25, 0.3) is 0 Å². The Morgan fingerprint density at radius 1 is 0.500 bits per heavy atom. The molecule has 0 fully saturated rings. The zero-order valence-corrected chi connectivity index (χ0v) is 24.0. The van der Waals surface area contributed by atoms with Crippen LogP contribution >= 0.6 is 12.2 Å². The highest BCUT2D eigenvalue weighted by molar-refractivity contribution is 7.80. The van der Waals surface area contributed by atoms with Crippen LogP contribution in [-0.2, 0) is 12.8 Å². The molecule has 0 radical (unpaired) electrons. The lowest BCUT2D eigenvalue weighted by molar-refractivity contribution is 0.773. The van der Waals surface area contributed by atoms with E-state index in [9.17, 15) is 0 Å². The van der Waals surface area contributed by atoms with Crippen molar-refractivity contribution in [3.63, 3.8) is 0 Å². The topological polar surface area (TPSA) is 81.4 Å². The number of thiocarbonyl (C=S) groups is 1. The molecule has 0 aliphatic rings. The fourth-order valence-electron chi connectivity index (χ4n) is 4.97. The summed E-state index contributed by atoms with van der Waals surface area (Å²) in [6.07, 6.45) is 1.43. The predicted molar refractivity (Wildman–Crippen MR) is 175 cm³/mol. The Kier molecular flexibility index (Phi) is 8.48. The van der Waals surface area contributed by atoms with Crippen LogP contribution < -0.4 is 10.6 Å². The van der Waals surface area contributed by atoms with Gasteiger partial charge in [0.05, 0.1) is 22.8 Å². The average Bonchev–Trinajstić information content (AvgIpc) is 3.68. The van der Waals surface area contributed by atoms with E-state index in [4.69, 9.17) is 22.2 Å². The summed E-state index contributed by atoms with van der Waals surface area (Å²) in [5.74, 6) is 1.83. The molecule has 42 heavy (non-hydrogen) atoms. The molecule has 2 aromatic heterocycles. The Labute approximate surface area is 251 Å². The van der Waals surface area contributed by atoms with Gasteiger partial charge in [0, 0.05) is 48.2 Å². The molecule has 0 bridgehead atoms. The number of nitrogens with zero attached hydrogens (tertiary/aromatic N) is 2. The highest BCUT2D eigenvalue weighted by Crippen LogP contribution is 2.31. The number of hydrogen-bond acceptors (Lipinski definition) is 3. The number of benzene rings is 4. The average molecular weight is 569 g/mol. The molecular formula is C35H32N6S. The van der Waals surface area contributed by atoms with Crippen LogP contribution in [0.4, 0.5) is 0 Å². The van der Waals surface area contributed by atoms with Crippen molar-refractivity contribution < 1.29 is 0 Å². The third-order valence-electron chi connectivity index (χ3n) is 7.02. The van der Waals surface area contributed by atoms with Crippen LogP contribution in [0, 0.1) is 0 Å². The Bertz CT molecular complexity index is 1490. The summed E-state index contributed by atoms with van der Waals surface area (Å²) in [5, 5.41) is 7.26. The third kappa shape index (κ3) is 6.48. The maximum atomic E-state index is 5.57. The van der Waals surface area contributed by atoms with Crippen LogP contribution in [0.1, 0.15) is 11.6 Å². The molecule has 208 valence electrons. The highest BCUT2D eigenvalue weighted by atomic mass is 32.1. The summed E-state index contributed by atoms with van der Waals surface area (Å²) in [6, 6.07) is 41.2. The summed E-state index contributed by atoms with van der Waals surface area (Å²) in [7, 11) is 0. The van der Waals surface area contributed by atoms with E-state index in [1.807, 2.05) is 72.8 Å². The number of aromatic nitrogens is 4. The monoisotopic (exact) mass is 568 g/mol. The van der Waals surface area contributed by atoms with E-state index in [0.29, 0.717) is 31.0 Å². The normalized spacial score (nSPS) is 10.9. The largest absolute Gasteiger partial charge is 0.362 e. The first-order valence-electron chi connectivity index (χ1n) is 14.2. The molecule has 0 unspecified atom stereocenters. The predicted octanol–water partition coefficient (Wildman–Crippen LogP) is 7.05. The van der Waals surface area contributed by atoms with Gasteiger partial charge in [0.2, 0.25) is 0 Å². The molecule has 0 amide bonds. The number of hydrogen-bond donors (Lipinski definition) is 4. The Morgan fingerprint density at radius 2 is 0.833 bits per heavy atom. The Balaban J connectivity index is 1.06. The minimum absolute atomic E-state index is 0.617. The molecule has 0 saturated carbocycles. The quantitative estimate of drug-likeness (QED) is 0.133. The standard InChI is InChI=1S/C35H32N6S/c42-35(36-23-21-29-38-31(25-13-5-1-6-14-25)32(39-29)26-15-7-2-8-16-26)37-24-22-30-40-33(27-17-9-3-10-18-27)34(41-30)28-19-11-4-12-20-28/h1-20H,21-24H2,(H,38,39)(H,40,41)(H2,36,37,42). The first kappa shape index (κ1) is 27.2. The molecule has 7 heteroatoms. The molecule has 0 saturated heterocycles. The van der Waals surface area contributed by atoms with Crippen LogP contribution in [0.5, 0.6) is 0 Å². The molecule has 0 spiro atoms. The Morgan fingerprint density at radius 3 is 1.19 bits per heavy atom. The van der Waals surface area contributed by atoms with Crippen LogP contribution in [0.15, 0.2) is 121 Å². The van der Waals surface area contributed by atoms with E-state index in [-0.39, 0.29) is 0 Å². The van der Waals surface area contributed by atoms with E-state index < -0.39 is 0 Å². The second kappa shape index (κ2) is 13.1. The SMILES string of the molecule is S=C(NCCc1nc(-c2ccccc2)c(-c2ccccc2)[nH]1)NCCc1nc(-c2ccccc2)c(-c2ccccc2)[nH]1. The first-order chi connectivity index (χ1) is 20.7. The minimum Gasteiger partial charge on any atom is -0.362 e. The fraction of sp³-hybridized carbons (Fsp3) is 0.114. The summed E-state index contributed by atoms with van der Waals surface area (Å²) in [5.41, 5.74) is 8.39. The van der Waals surface area contributed by atoms with Gasteiger partial charge >= 0.3 is 0 Å². The molecule has 6 nitrogen and oxygen atoms in total. The van der Waals surface area contributed by atoms with Crippen molar-refractivity contribution in [2.45, 2.75) is 12.8 Å². The van der Waals surface area contributed by atoms with E-state index in [0.717, 1.165) is 56.7 Å². The van der Waals surface area contributed by atoms with Crippen molar-refractivity contribution in [2.75, 3.05) is 13.1 Å². The van der Waals surface area contributed by atoms with Gasteiger partial charge in [-0.1, -0.05) is 121 Å². The van der Waals surface area contributed by atoms with E-state index in [1.54, 1.807) is 0 Å². The van der Waals surface area contributed by atoms with Crippen LogP contribution in [0.25, 0.3) is 45.0 Å². The Hall–Kier alpha value is -5.01. The van der Waals surface area contributed by atoms with Crippen LogP contribution in [0.2, 0.25) is 0 Å². The molecule has 0 aliphatic carbocycles. The zero-order valence-electron chi connectivity index (χ0n) is 23.2. The number of nitrogens with one attached hydrogen (secondary N) is 4. The van der Waals surface area contributed by atoms with Crippen LogP contribution in [0.3, 0.4) is 0 Å². The number of imidazole rings is 2. The molecule has 0 aliphatic heterocycles. The van der Waals surface area contributed by atoms with Crippen molar-refractivity contribution >= 4 is 17.3 Å². The lowest BCUT2D eigenvalue weighted by Gasteiger charge is -2.09. The van der Waals surface area contributed by atoms with E-state index >= 15 is 0 Å². The van der Waals surface area contributed by atoms with Crippen molar-refractivity contribution in [3.8, 4) is 45.0 Å². The minimum atomic E-state index is 0.617. The lowest BCUT2D eigenvalue weighted by atomic mass is 10.1. The molecule has 2 heterocycles. The van der Waals surface area contributed by atoms with Gasteiger partial charge in [0.15, 0.2) is 5.11 Å². The summed E-state index contributed by atoms with van der Waals surface area (Å²) in [4.78, 5) is 17.0. The lowest BCUT2D eigenvalue weighted by Crippen LogP contribution is -2.37.